The highest BCUT2D eigenvalue weighted by Gasteiger charge is 2.24. The number of benzene rings is 2. The molecule has 0 radical (unpaired) electrons. The summed E-state index contributed by atoms with van der Waals surface area (Å²) in [5.41, 5.74) is 4.39. The number of nitrogens with one attached hydrogen (secondary N) is 1. The van der Waals surface area contributed by atoms with Gasteiger partial charge in [0.05, 0.1) is 6.61 Å². The molecule has 5 nitrogen and oxygen atoms in total. The average molecular weight is 449 g/mol. The number of thiophene rings is 1. The minimum Gasteiger partial charge on any atom is -0.494 e. The molecule has 2 heterocycles. The summed E-state index contributed by atoms with van der Waals surface area (Å²) < 4.78 is 5.65. The van der Waals surface area contributed by atoms with Gasteiger partial charge >= 0.3 is 0 Å². The van der Waals surface area contributed by atoms with Gasteiger partial charge in [-0.05, 0) is 73.0 Å². The third-order valence-electron chi connectivity index (χ3n) is 5.83. The second kappa shape index (κ2) is 10.0. The number of aryl methyl sites for hydroxylation is 1. The number of carbonyl (C=O) groups is 2. The van der Waals surface area contributed by atoms with Gasteiger partial charge in [-0.3, -0.25) is 9.59 Å². The Kier molecular flexibility index (Phi) is 6.90. The van der Waals surface area contributed by atoms with Crippen molar-refractivity contribution in [2.75, 3.05) is 18.5 Å². The standard InChI is InChI=1S/C26H28N2O3S/c1-3-31-23-10-5-4-7-19(23)11-12-25(29)27-22-9-6-8-21(18(22)2)26(30)28-15-13-24-20(17-28)14-16-32-24/h4-10,14,16H,3,11-13,15,17H2,1-2H3,(H,27,29). The first-order chi connectivity index (χ1) is 15.6. The van der Waals surface area contributed by atoms with Crippen molar-refractivity contribution >= 4 is 28.8 Å². The van der Waals surface area contributed by atoms with Gasteiger partial charge in [0.25, 0.3) is 5.91 Å². The van der Waals surface area contributed by atoms with Crippen LogP contribution in [0.3, 0.4) is 0 Å². The van der Waals surface area contributed by atoms with E-state index < -0.39 is 0 Å². The Hall–Kier alpha value is -3.12. The Morgan fingerprint density at radius 1 is 1.12 bits per heavy atom. The molecule has 0 spiro atoms. The van der Waals surface area contributed by atoms with Crippen LogP contribution in [0.4, 0.5) is 5.69 Å². The molecule has 0 aliphatic carbocycles. The van der Waals surface area contributed by atoms with Crippen LogP contribution in [0, 0.1) is 6.92 Å². The number of carbonyl (C=O) groups excluding carboxylic acids is 2. The summed E-state index contributed by atoms with van der Waals surface area (Å²) in [6.07, 6.45) is 1.84. The lowest BCUT2D eigenvalue weighted by Gasteiger charge is -2.28. The maximum atomic E-state index is 13.2. The Morgan fingerprint density at radius 2 is 1.97 bits per heavy atom. The van der Waals surface area contributed by atoms with Crippen LogP contribution in [0.25, 0.3) is 0 Å². The van der Waals surface area contributed by atoms with Crippen LogP contribution in [-0.2, 0) is 24.2 Å². The van der Waals surface area contributed by atoms with Gasteiger partial charge in [-0.2, -0.15) is 0 Å². The van der Waals surface area contributed by atoms with Crippen LogP contribution in [0.5, 0.6) is 5.75 Å². The third kappa shape index (κ3) is 4.86. The first-order valence-electron chi connectivity index (χ1n) is 11.0. The molecule has 1 aliphatic heterocycles. The maximum Gasteiger partial charge on any atom is 0.254 e. The van der Waals surface area contributed by atoms with Gasteiger partial charge in [-0.15, -0.1) is 11.3 Å². The molecule has 1 aliphatic rings. The van der Waals surface area contributed by atoms with Crippen LogP contribution in [-0.4, -0.2) is 29.9 Å². The zero-order chi connectivity index (χ0) is 22.5. The van der Waals surface area contributed by atoms with Crippen LogP contribution in [0.2, 0.25) is 0 Å². The van der Waals surface area contributed by atoms with E-state index in [4.69, 9.17) is 4.74 Å². The van der Waals surface area contributed by atoms with Gasteiger partial charge in [0, 0.05) is 35.6 Å². The highest BCUT2D eigenvalue weighted by Crippen LogP contribution is 2.27. The molecule has 2 aromatic carbocycles. The van der Waals surface area contributed by atoms with Crippen molar-refractivity contribution in [3.63, 3.8) is 0 Å². The summed E-state index contributed by atoms with van der Waals surface area (Å²) in [6.45, 7) is 5.80. The Morgan fingerprint density at radius 3 is 2.81 bits per heavy atom. The van der Waals surface area contributed by atoms with Crippen molar-refractivity contribution in [3.05, 3.63) is 81.0 Å². The summed E-state index contributed by atoms with van der Waals surface area (Å²) in [7, 11) is 0. The molecule has 6 heteroatoms. The summed E-state index contributed by atoms with van der Waals surface area (Å²) >= 11 is 1.76. The summed E-state index contributed by atoms with van der Waals surface area (Å²) in [6, 6.07) is 15.4. The Bertz CT molecular complexity index is 1120. The number of para-hydroxylation sites is 1. The largest absolute Gasteiger partial charge is 0.494 e. The van der Waals surface area contributed by atoms with E-state index in [2.05, 4.69) is 16.8 Å². The predicted octanol–water partition coefficient (Wildman–Crippen LogP) is 5.23. The molecule has 4 rings (SSSR count). The van der Waals surface area contributed by atoms with Crippen molar-refractivity contribution in [3.8, 4) is 5.75 Å². The van der Waals surface area contributed by atoms with Gasteiger partial charge in [-0.25, -0.2) is 0 Å². The fraction of sp³-hybridized carbons (Fsp3) is 0.308. The van der Waals surface area contributed by atoms with E-state index in [0.717, 1.165) is 29.8 Å². The molecule has 2 amide bonds. The highest BCUT2D eigenvalue weighted by atomic mass is 32.1. The molecule has 1 N–H and O–H groups in total. The Balaban J connectivity index is 1.41. The smallest absolute Gasteiger partial charge is 0.254 e. The summed E-state index contributed by atoms with van der Waals surface area (Å²) in [5.74, 6) is 0.757. The molecule has 0 unspecified atom stereocenters. The first kappa shape index (κ1) is 22.1. The van der Waals surface area contributed by atoms with Crippen molar-refractivity contribution < 1.29 is 14.3 Å². The zero-order valence-electron chi connectivity index (χ0n) is 18.5. The van der Waals surface area contributed by atoms with E-state index in [1.807, 2.05) is 61.2 Å². The number of hydrogen-bond donors (Lipinski definition) is 1. The van der Waals surface area contributed by atoms with Crippen molar-refractivity contribution in [1.29, 1.82) is 0 Å². The maximum absolute atomic E-state index is 13.2. The minimum absolute atomic E-state index is 0.0149. The molecule has 1 aromatic heterocycles. The number of anilines is 1. The molecule has 32 heavy (non-hydrogen) atoms. The lowest BCUT2D eigenvalue weighted by molar-refractivity contribution is -0.116. The van der Waals surface area contributed by atoms with Gasteiger partial charge in [0.1, 0.15) is 5.75 Å². The van der Waals surface area contributed by atoms with Crippen LogP contribution in [0.1, 0.15) is 45.3 Å². The molecular weight excluding hydrogens is 420 g/mol. The normalized spacial score (nSPS) is 12.9. The monoisotopic (exact) mass is 448 g/mol. The number of ether oxygens (including phenoxy) is 1. The van der Waals surface area contributed by atoms with Crippen molar-refractivity contribution in [1.82, 2.24) is 4.90 Å². The number of amides is 2. The van der Waals surface area contributed by atoms with Crippen molar-refractivity contribution in [2.45, 2.75) is 39.7 Å². The third-order valence-corrected chi connectivity index (χ3v) is 6.85. The number of fused-ring (bicyclic) bond motifs is 1. The highest BCUT2D eigenvalue weighted by molar-refractivity contribution is 7.10. The van der Waals surface area contributed by atoms with E-state index >= 15 is 0 Å². The molecule has 166 valence electrons. The second-order valence-electron chi connectivity index (χ2n) is 7.91. The molecular formula is C26H28N2O3S. The quantitative estimate of drug-likeness (QED) is 0.539. The number of rotatable bonds is 7. The molecule has 3 aromatic rings. The van der Waals surface area contributed by atoms with Crippen LogP contribution >= 0.6 is 11.3 Å². The second-order valence-corrected chi connectivity index (χ2v) is 8.91. The van der Waals surface area contributed by atoms with Crippen LogP contribution in [0.15, 0.2) is 53.9 Å². The van der Waals surface area contributed by atoms with Crippen LogP contribution < -0.4 is 10.1 Å². The predicted molar refractivity (Wildman–Crippen MR) is 129 cm³/mol. The fourth-order valence-electron chi connectivity index (χ4n) is 4.06. The molecule has 0 saturated heterocycles. The number of nitrogens with zero attached hydrogens (tertiary/aromatic N) is 1. The minimum atomic E-state index is -0.0788. The van der Waals surface area contributed by atoms with Gasteiger partial charge in [-0.1, -0.05) is 24.3 Å². The van der Waals surface area contributed by atoms with E-state index in [9.17, 15) is 9.59 Å². The van der Waals surface area contributed by atoms with Gasteiger partial charge in [0.15, 0.2) is 0 Å². The van der Waals surface area contributed by atoms with Crippen molar-refractivity contribution in [2.24, 2.45) is 0 Å². The van der Waals surface area contributed by atoms with E-state index in [0.29, 0.717) is 37.2 Å². The summed E-state index contributed by atoms with van der Waals surface area (Å²) in [4.78, 5) is 29.1. The SMILES string of the molecule is CCOc1ccccc1CCC(=O)Nc1cccc(C(=O)N2CCc3sccc3C2)c1C. The molecule has 0 fully saturated rings. The average Bonchev–Trinajstić information content (AvgIpc) is 3.28. The van der Waals surface area contributed by atoms with Gasteiger partial charge < -0.3 is 15.0 Å². The van der Waals surface area contributed by atoms with E-state index in [1.165, 1.54) is 10.4 Å². The summed E-state index contributed by atoms with van der Waals surface area (Å²) in [5, 5.41) is 5.08. The molecule has 0 atom stereocenters. The first-order valence-corrected chi connectivity index (χ1v) is 11.9. The zero-order valence-corrected chi connectivity index (χ0v) is 19.3. The Labute approximate surface area is 193 Å². The molecule has 0 bridgehead atoms. The lowest BCUT2D eigenvalue weighted by atomic mass is 10.0. The van der Waals surface area contributed by atoms with E-state index in [1.54, 1.807) is 11.3 Å². The molecule has 0 saturated carbocycles. The lowest BCUT2D eigenvalue weighted by Crippen LogP contribution is -2.35. The number of hydrogen-bond acceptors (Lipinski definition) is 4. The van der Waals surface area contributed by atoms with Gasteiger partial charge in [0.2, 0.25) is 5.91 Å². The topological polar surface area (TPSA) is 58.6 Å². The van der Waals surface area contributed by atoms with E-state index in [-0.39, 0.29) is 11.8 Å². The fourth-order valence-corrected chi connectivity index (χ4v) is 4.95.